The maximum atomic E-state index is 10.9. The lowest BCUT2D eigenvalue weighted by molar-refractivity contribution is 0.0589. The average Bonchev–Trinajstić information content (AvgIpc) is 2.28. The highest BCUT2D eigenvalue weighted by atomic mass is 16.5. The van der Waals surface area contributed by atoms with Crippen molar-refractivity contribution in [2.45, 2.75) is 6.92 Å². The summed E-state index contributed by atoms with van der Waals surface area (Å²) < 4.78 is 4.45. The van der Waals surface area contributed by atoms with E-state index >= 15 is 0 Å². The third kappa shape index (κ3) is 1.31. The van der Waals surface area contributed by atoms with E-state index in [4.69, 9.17) is 5.84 Å². The summed E-state index contributed by atoms with van der Waals surface area (Å²) >= 11 is 0. The summed E-state index contributed by atoms with van der Waals surface area (Å²) in [5, 5.41) is 3.77. The third-order valence-corrected chi connectivity index (χ3v) is 1.25. The minimum Gasteiger partial charge on any atom is -0.464 e. The first-order valence-corrected chi connectivity index (χ1v) is 3.05. The molecule has 0 atom stereocenters. The van der Waals surface area contributed by atoms with Crippen LogP contribution in [0, 0.1) is 6.92 Å². The number of ether oxygens (including phenoxy) is 1. The van der Waals surface area contributed by atoms with Crippen LogP contribution in [0.2, 0.25) is 0 Å². The van der Waals surface area contributed by atoms with Gasteiger partial charge in [0.1, 0.15) is 0 Å². The lowest BCUT2D eigenvalue weighted by Crippen LogP contribution is -2.18. The first-order chi connectivity index (χ1) is 5.15. The second kappa shape index (κ2) is 2.61. The van der Waals surface area contributed by atoms with E-state index in [1.54, 1.807) is 13.0 Å². The van der Waals surface area contributed by atoms with Crippen LogP contribution in [-0.4, -0.2) is 23.0 Å². The van der Waals surface area contributed by atoms with E-state index in [2.05, 4.69) is 9.84 Å². The van der Waals surface area contributed by atoms with E-state index in [1.807, 2.05) is 0 Å². The van der Waals surface area contributed by atoms with Crippen molar-refractivity contribution in [3.63, 3.8) is 0 Å². The zero-order valence-electron chi connectivity index (χ0n) is 6.37. The number of methoxy groups -OCH3 is 1. The number of carbonyl (C=O) groups excluding carboxylic acids is 1. The van der Waals surface area contributed by atoms with Crippen molar-refractivity contribution in [1.29, 1.82) is 0 Å². The molecule has 1 rings (SSSR count). The van der Waals surface area contributed by atoms with Crippen molar-refractivity contribution >= 4 is 5.97 Å². The number of esters is 1. The van der Waals surface area contributed by atoms with E-state index in [0.717, 1.165) is 4.79 Å². The van der Waals surface area contributed by atoms with Gasteiger partial charge >= 0.3 is 5.97 Å². The molecule has 0 unspecified atom stereocenters. The van der Waals surface area contributed by atoms with Gasteiger partial charge in [-0.1, -0.05) is 0 Å². The van der Waals surface area contributed by atoms with E-state index in [9.17, 15) is 4.79 Å². The summed E-state index contributed by atoms with van der Waals surface area (Å²) in [6, 6.07) is 1.56. The zero-order chi connectivity index (χ0) is 8.43. The standard InChI is InChI=1S/C6H9N3O2/c1-4-3-5(6(10)11-2)9(7)8-4/h3H,7H2,1-2H3. The molecular weight excluding hydrogens is 146 g/mol. The molecule has 11 heavy (non-hydrogen) atoms. The first-order valence-electron chi connectivity index (χ1n) is 3.05. The molecule has 0 saturated heterocycles. The first kappa shape index (κ1) is 7.59. The van der Waals surface area contributed by atoms with E-state index in [0.29, 0.717) is 5.69 Å². The van der Waals surface area contributed by atoms with Gasteiger partial charge < -0.3 is 10.6 Å². The van der Waals surface area contributed by atoms with Crippen LogP contribution in [-0.2, 0) is 4.74 Å². The number of hydrogen-bond donors (Lipinski definition) is 1. The van der Waals surface area contributed by atoms with Gasteiger partial charge in [0, 0.05) is 0 Å². The number of rotatable bonds is 1. The van der Waals surface area contributed by atoms with E-state index < -0.39 is 5.97 Å². The van der Waals surface area contributed by atoms with Gasteiger partial charge in [-0.15, -0.1) is 0 Å². The summed E-state index contributed by atoms with van der Waals surface area (Å²) in [7, 11) is 1.30. The smallest absolute Gasteiger partial charge is 0.358 e. The summed E-state index contributed by atoms with van der Waals surface area (Å²) in [5.41, 5.74) is 0.943. The SMILES string of the molecule is COC(=O)c1cc(C)nn1N. The Morgan fingerprint density at radius 1 is 1.82 bits per heavy atom. The third-order valence-electron chi connectivity index (χ3n) is 1.25. The molecule has 0 aliphatic rings. The Bertz CT molecular complexity index is 279. The van der Waals surface area contributed by atoms with Crippen molar-refractivity contribution < 1.29 is 9.53 Å². The molecule has 1 aromatic rings. The predicted molar refractivity (Wildman–Crippen MR) is 38.5 cm³/mol. The number of aryl methyl sites for hydroxylation is 1. The number of hydrogen-bond acceptors (Lipinski definition) is 4. The molecule has 0 aliphatic carbocycles. The van der Waals surface area contributed by atoms with Crippen LogP contribution in [0.25, 0.3) is 0 Å². The van der Waals surface area contributed by atoms with Gasteiger partial charge in [0.05, 0.1) is 12.8 Å². The number of nitrogen functional groups attached to an aromatic ring is 1. The van der Waals surface area contributed by atoms with Crippen molar-refractivity contribution in [3.8, 4) is 0 Å². The molecule has 2 N–H and O–H groups in total. The molecule has 0 amide bonds. The predicted octanol–water partition coefficient (Wildman–Crippen LogP) is -0.308. The van der Waals surface area contributed by atoms with E-state index in [-0.39, 0.29) is 5.69 Å². The Kier molecular flexibility index (Phi) is 1.80. The molecule has 5 heteroatoms. The van der Waals surface area contributed by atoms with Crippen LogP contribution >= 0.6 is 0 Å². The largest absolute Gasteiger partial charge is 0.464 e. The Morgan fingerprint density at radius 3 is 2.82 bits per heavy atom. The summed E-state index contributed by atoms with van der Waals surface area (Å²) in [6.45, 7) is 1.75. The molecule has 1 heterocycles. The minimum absolute atomic E-state index is 0.255. The molecule has 0 aliphatic heterocycles. The van der Waals surface area contributed by atoms with Crippen LogP contribution in [0.5, 0.6) is 0 Å². The fourth-order valence-electron chi connectivity index (χ4n) is 0.774. The van der Waals surface area contributed by atoms with Gasteiger partial charge in [-0.05, 0) is 13.0 Å². The van der Waals surface area contributed by atoms with Crippen LogP contribution < -0.4 is 5.84 Å². The van der Waals surface area contributed by atoms with Gasteiger partial charge in [0.25, 0.3) is 0 Å². The molecule has 5 nitrogen and oxygen atoms in total. The Morgan fingerprint density at radius 2 is 2.45 bits per heavy atom. The molecule has 0 radical (unpaired) electrons. The fraction of sp³-hybridized carbons (Fsp3) is 0.333. The molecule has 60 valence electrons. The van der Waals surface area contributed by atoms with Gasteiger partial charge in [0.2, 0.25) is 0 Å². The van der Waals surface area contributed by atoms with Crippen molar-refractivity contribution in [2.24, 2.45) is 0 Å². The highest BCUT2D eigenvalue weighted by molar-refractivity contribution is 5.87. The summed E-state index contributed by atoms with van der Waals surface area (Å²) in [5.74, 6) is 4.84. The minimum atomic E-state index is -0.479. The lowest BCUT2D eigenvalue weighted by Gasteiger charge is -1.96. The van der Waals surface area contributed by atoms with Gasteiger partial charge in [-0.25, -0.2) is 4.79 Å². The van der Waals surface area contributed by atoms with E-state index in [1.165, 1.54) is 7.11 Å². The van der Waals surface area contributed by atoms with Crippen LogP contribution in [0.3, 0.4) is 0 Å². The lowest BCUT2D eigenvalue weighted by atomic mass is 10.4. The summed E-state index contributed by atoms with van der Waals surface area (Å²) in [4.78, 5) is 11.9. The molecule has 0 aromatic carbocycles. The second-order valence-corrected chi connectivity index (χ2v) is 2.11. The van der Waals surface area contributed by atoms with Gasteiger partial charge in [-0.3, -0.25) is 0 Å². The molecule has 0 saturated carbocycles. The van der Waals surface area contributed by atoms with Crippen LogP contribution in [0.4, 0.5) is 0 Å². The topological polar surface area (TPSA) is 70.1 Å². The van der Waals surface area contributed by atoms with Crippen molar-refractivity contribution in [3.05, 3.63) is 17.5 Å². The summed E-state index contributed by atoms with van der Waals surface area (Å²) in [6.07, 6.45) is 0. The van der Waals surface area contributed by atoms with Crippen molar-refractivity contribution in [1.82, 2.24) is 9.89 Å². The highest BCUT2D eigenvalue weighted by Crippen LogP contribution is 2.00. The van der Waals surface area contributed by atoms with Crippen LogP contribution in [0.1, 0.15) is 16.2 Å². The van der Waals surface area contributed by atoms with Gasteiger partial charge in [-0.2, -0.15) is 9.89 Å². The molecule has 0 bridgehead atoms. The quantitative estimate of drug-likeness (QED) is 0.446. The molecule has 0 spiro atoms. The maximum absolute atomic E-state index is 10.9. The van der Waals surface area contributed by atoms with Gasteiger partial charge in [0.15, 0.2) is 5.69 Å². The Balaban J connectivity index is 3.03. The Hall–Kier alpha value is -1.52. The maximum Gasteiger partial charge on any atom is 0.358 e. The Labute approximate surface area is 63.7 Å². The highest BCUT2D eigenvalue weighted by Gasteiger charge is 2.11. The second-order valence-electron chi connectivity index (χ2n) is 2.11. The molecule has 1 aromatic heterocycles. The monoisotopic (exact) mass is 155 g/mol. The number of carbonyl (C=O) groups is 1. The number of nitrogens with two attached hydrogens (primary N) is 1. The zero-order valence-corrected chi connectivity index (χ0v) is 6.37. The normalized spacial score (nSPS) is 9.64. The van der Waals surface area contributed by atoms with Crippen LogP contribution in [0.15, 0.2) is 6.07 Å². The fourth-order valence-corrected chi connectivity index (χ4v) is 0.774. The molecular formula is C6H9N3O2. The number of aromatic nitrogens is 2. The number of nitrogens with zero attached hydrogens (tertiary/aromatic N) is 2. The van der Waals surface area contributed by atoms with Crippen molar-refractivity contribution in [2.75, 3.05) is 13.0 Å². The molecule has 0 fully saturated rings. The average molecular weight is 155 g/mol.